The van der Waals surface area contributed by atoms with Gasteiger partial charge in [-0.05, 0) is 35.2 Å². The molecule has 3 N–H and O–H groups in total. The first kappa shape index (κ1) is 12.1. The zero-order valence-corrected chi connectivity index (χ0v) is 10.4. The van der Waals surface area contributed by atoms with Crippen molar-refractivity contribution in [2.75, 3.05) is 0 Å². The molecular weight excluding hydrogens is 210 g/mol. The van der Waals surface area contributed by atoms with E-state index in [1.807, 2.05) is 25.1 Å². The number of hydrogen-bond donors (Lipinski definition) is 2. The number of benzene rings is 2. The normalized spacial score (nSPS) is 14.8. The van der Waals surface area contributed by atoms with Gasteiger partial charge in [-0.2, -0.15) is 0 Å². The van der Waals surface area contributed by atoms with Gasteiger partial charge in [0, 0.05) is 0 Å². The summed E-state index contributed by atoms with van der Waals surface area (Å²) in [4.78, 5) is 0. The molecule has 2 aromatic rings. The Morgan fingerprint density at radius 2 is 1.76 bits per heavy atom. The molecule has 0 radical (unpaired) electrons. The minimum atomic E-state index is -0.485. The van der Waals surface area contributed by atoms with Gasteiger partial charge in [0.2, 0.25) is 0 Å². The Morgan fingerprint density at radius 3 is 2.41 bits per heavy atom. The Hall–Kier alpha value is -1.38. The van der Waals surface area contributed by atoms with Crippen LogP contribution >= 0.6 is 0 Å². The number of aryl methyl sites for hydroxylation is 1. The molecule has 0 saturated carbocycles. The summed E-state index contributed by atoms with van der Waals surface area (Å²) in [6.07, 6.45) is 0.185. The van der Waals surface area contributed by atoms with E-state index in [0.717, 1.165) is 10.9 Å². The van der Waals surface area contributed by atoms with Crippen LogP contribution in [0.5, 0.6) is 0 Å². The molecule has 0 fully saturated rings. The molecule has 0 bridgehead atoms. The van der Waals surface area contributed by atoms with Crippen molar-refractivity contribution in [3.05, 3.63) is 47.5 Å². The molecule has 0 aliphatic rings. The molecule has 0 heterocycles. The maximum absolute atomic E-state index is 9.88. The van der Waals surface area contributed by atoms with Crippen LogP contribution < -0.4 is 5.73 Å². The SMILES string of the molecule is CC[C@H](O)[C@H](N)c1ccc(C)c2ccccc12. The minimum absolute atomic E-state index is 0.314. The summed E-state index contributed by atoms with van der Waals surface area (Å²) < 4.78 is 0. The van der Waals surface area contributed by atoms with Gasteiger partial charge in [-0.1, -0.05) is 43.3 Å². The van der Waals surface area contributed by atoms with E-state index >= 15 is 0 Å². The molecule has 2 atom stereocenters. The van der Waals surface area contributed by atoms with E-state index in [4.69, 9.17) is 5.73 Å². The lowest BCUT2D eigenvalue weighted by Gasteiger charge is -2.20. The van der Waals surface area contributed by atoms with Crippen molar-refractivity contribution in [3.8, 4) is 0 Å². The van der Waals surface area contributed by atoms with Crippen molar-refractivity contribution in [3.63, 3.8) is 0 Å². The van der Waals surface area contributed by atoms with Gasteiger partial charge in [0.05, 0.1) is 12.1 Å². The molecule has 0 unspecified atom stereocenters. The van der Waals surface area contributed by atoms with Crippen molar-refractivity contribution < 1.29 is 5.11 Å². The van der Waals surface area contributed by atoms with E-state index in [0.29, 0.717) is 6.42 Å². The molecule has 90 valence electrons. The van der Waals surface area contributed by atoms with Gasteiger partial charge in [-0.3, -0.25) is 0 Å². The highest BCUT2D eigenvalue weighted by molar-refractivity contribution is 5.88. The van der Waals surface area contributed by atoms with E-state index in [1.165, 1.54) is 10.9 Å². The van der Waals surface area contributed by atoms with Crippen molar-refractivity contribution in [2.45, 2.75) is 32.4 Å². The first-order chi connectivity index (χ1) is 8.15. The third-order valence-corrected chi connectivity index (χ3v) is 3.37. The maximum atomic E-state index is 9.88. The van der Waals surface area contributed by atoms with Crippen LogP contribution in [0.4, 0.5) is 0 Å². The summed E-state index contributed by atoms with van der Waals surface area (Å²) in [6, 6.07) is 12.0. The van der Waals surface area contributed by atoms with Crippen LogP contribution in [-0.4, -0.2) is 11.2 Å². The Morgan fingerprint density at radius 1 is 1.12 bits per heavy atom. The van der Waals surface area contributed by atoms with E-state index in [-0.39, 0.29) is 6.04 Å². The largest absolute Gasteiger partial charge is 0.391 e. The van der Waals surface area contributed by atoms with Gasteiger partial charge in [0.1, 0.15) is 0 Å². The molecule has 2 aromatic carbocycles. The molecule has 0 spiro atoms. The van der Waals surface area contributed by atoms with Crippen LogP contribution in [0.25, 0.3) is 10.8 Å². The fourth-order valence-corrected chi connectivity index (χ4v) is 2.22. The zero-order valence-electron chi connectivity index (χ0n) is 10.4. The van der Waals surface area contributed by atoms with Crippen molar-refractivity contribution in [2.24, 2.45) is 5.73 Å². The molecule has 0 amide bonds. The predicted octanol–water partition coefficient (Wildman–Crippen LogP) is 2.92. The first-order valence-corrected chi connectivity index (χ1v) is 6.07. The lowest BCUT2D eigenvalue weighted by Crippen LogP contribution is -2.25. The molecule has 2 nitrogen and oxygen atoms in total. The average molecular weight is 229 g/mol. The monoisotopic (exact) mass is 229 g/mol. The Labute approximate surface area is 102 Å². The third kappa shape index (κ3) is 2.19. The Balaban J connectivity index is 2.59. The highest BCUT2D eigenvalue weighted by atomic mass is 16.3. The van der Waals surface area contributed by atoms with Crippen LogP contribution in [0, 0.1) is 6.92 Å². The average Bonchev–Trinajstić information content (AvgIpc) is 2.38. The smallest absolute Gasteiger partial charge is 0.0730 e. The van der Waals surface area contributed by atoms with Crippen molar-refractivity contribution in [1.29, 1.82) is 0 Å². The molecular formula is C15H19NO. The summed E-state index contributed by atoms with van der Waals surface area (Å²) in [5.74, 6) is 0. The molecule has 2 heteroatoms. The number of nitrogens with two attached hydrogens (primary N) is 1. The van der Waals surface area contributed by atoms with E-state index in [1.54, 1.807) is 0 Å². The van der Waals surface area contributed by atoms with Crippen LogP contribution in [0.1, 0.15) is 30.5 Å². The van der Waals surface area contributed by atoms with Gasteiger partial charge in [0.15, 0.2) is 0 Å². The topological polar surface area (TPSA) is 46.2 Å². The molecule has 0 aromatic heterocycles. The second-order valence-corrected chi connectivity index (χ2v) is 4.52. The standard InChI is InChI=1S/C15H19NO/c1-3-14(17)15(16)13-9-8-10(2)11-6-4-5-7-12(11)13/h4-9,14-15,17H,3,16H2,1-2H3/t14-,15+/m0/s1. The Kier molecular flexibility index (Phi) is 3.46. The molecule has 2 rings (SSSR count). The number of rotatable bonds is 3. The number of fused-ring (bicyclic) bond motifs is 1. The molecule has 0 aliphatic carbocycles. The first-order valence-electron chi connectivity index (χ1n) is 6.07. The summed E-state index contributed by atoms with van der Waals surface area (Å²) in [7, 11) is 0. The quantitative estimate of drug-likeness (QED) is 0.850. The van der Waals surface area contributed by atoms with Crippen molar-refractivity contribution >= 4 is 10.8 Å². The van der Waals surface area contributed by atoms with Crippen LogP contribution in [0.15, 0.2) is 36.4 Å². The van der Waals surface area contributed by atoms with Gasteiger partial charge in [-0.15, -0.1) is 0 Å². The fraction of sp³-hybridized carbons (Fsp3) is 0.333. The van der Waals surface area contributed by atoms with Gasteiger partial charge >= 0.3 is 0 Å². The predicted molar refractivity (Wildman–Crippen MR) is 71.9 cm³/mol. The Bertz CT molecular complexity index is 521. The molecule has 0 saturated heterocycles. The van der Waals surface area contributed by atoms with Gasteiger partial charge in [-0.25, -0.2) is 0 Å². The number of hydrogen-bond acceptors (Lipinski definition) is 2. The summed E-state index contributed by atoms with van der Waals surface area (Å²) in [5, 5.41) is 12.2. The zero-order chi connectivity index (χ0) is 12.4. The van der Waals surface area contributed by atoms with Gasteiger partial charge < -0.3 is 10.8 Å². The maximum Gasteiger partial charge on any atom is 0.0730 e. The molecule has 0 aliphatic heterocycles. The van der Waals surface area contributed by atoms with E-state index in [2.05, 4.69) is 25.1 Å². The summed E-state index contributed by atoms with van der Waals surface area (Å²) in [6.45, 7) is 4.04. The van der Waals surface area contributed by atoms with Crippen molar-refractivity contribution in [1.82, 2.24) is 0 Å². The summed E-state index contributed by atoms with van der Waals surface area (Å²) in [5.41, 5.74) is 8.38. The van der Waals surface area contributed by atoms with Crippen LogP contribution in [0.3, 0.4) is 0 Å². The van der Waals surface area contributed by atoms with E-state index < -0.39 is 6.10 Å². The number of aliphatic hydroxyl groups excluding tert-OH is 1. The van der Waals surface area contributed by atoms with E-state index in [9.17, 15) is 5.11 Å². The fourth-order valence-electron chi connectivity index (χ4n) is 2.22. The molecule has 17 heavy (non-hydrogen) atoms. The highest BCUT2D eigenvalue weighted by Crippen LogP contribution is 2.27. The lowest BCUT2D eigenvalue weighted by atomic mass is 9.93. The van der Waals surface area contributed by atoms with Crippen LogP contribution in [-0.2, 0) is 0 Å². The second-order valence-electron chi connectivity index (χ2n) is 4.52. The van der Waals surface area contributed by atoms with Gasteiger partial charge in [0.25, 0.3) is 0 Å². The third-order valence-electron chi connectivity index (χ3n) is 3.37. The number of aliphatic hydroxyl groups is 1. The highest BCUT2D eigenvalue weighted by Gasteiger charge is 2.17. The lowest BCUT2D eigenvalue weighted by molar-refractivity contribution is 0.141. The second kappa shape index (κ2) is 4.86. The van der Waals surface area contributed by atoms with Crippen LogP contribution in [0.2, 0.25) is 0 Å². The minimum Gasteiger partial charge on any atom is -0.391 e. The summed E-state index contributed by atoms with van der Waals surface area (Å²) >= 11 is 0.